The molecule has 12 aromatic carbocycles. The fraction of sp³-hybridized carbons (Fsp3) is 0.0127. The highest BCUT2D eigenvalue weighted by molar-refractivity contribution is 7.99. The predicted octanol–water partition coefficient (Wildman–Crippen LogP) is 22.9. The number of fused-ring (bicyclic) bond motifs is 16. The number of aromatic nitrogens is 2. The van der Waals surface area contributed by atoms with Crippen LogP contribution in [0.4, 0.5) is 0 Å². The molecular weight excluding hydrogens is 1070 g/mol. The number of hydrogen-bond acceptors (Lipinski definition) is 4. The molecule has 0 aliphatic carbocycles. The molecule has 0 atom stereocenters. The number of para-hydroxylation sites is 4. The number of thiophene rings is 1. The third-order valence-electron chi connectivity index (χ3n) is 17.5. The van der Waals surface area contributed by atoms with Gasteiger partial charge >= 0.3 is 0 Å². The van der Waals surface area contributed by atoms with E-state index in [2.05, 4.69) is 276 Å². The summed E-state index contributed by atoms with van der Waals surface area (Å²) < 4.78 is 20.4. The third-order valence-corrected chi connectivity index (χ3v) is 19.7. The molecule has 5 aromatic heterocycles. The Balaban J connectivity index is 0.662. The van der Waals surface area contributed by atoms with Gasteiger partial charge in [0.2, 0.25) is 0 Å². The molecule has 0 saturated carbocycles. The molecule has 17 aromatic rings. The van der Waals surface area contributed by atoms with Crippen molar-refractivity contribution in [1.29, 1.82) is 0 Å². The van der Waals surface area contributed by atoms with Crippen molar-refractivity contribution < 1.29 is 8.83 Å². The molecule has 0 saturated heterocycles. The van der Waals surface area contributed by atoms with Crippen LogP contribution in [0.3, 0.4) is 0 Å². The predicted molar refractivity (Wildman–Crippen MR) is 363 cm³/mol. The van der Waals surface area contributed by atoms with Gasteiger partial charge in [0.15, 0.2) is 0 Å². The molecule has 1 aliphatic rings. The second kappa shape index (κ2) is 18.8. The summed E-state index contributed by atoms with van der Waals surface area (Å²) in [7, 11) is 0. The second-order valence-electron chi connectivity index (χ2n) is 22.4. The van der Waals surface area contributed by atoms with Crippen molar-refractivity contribution in [2.24, 2.45) is 0 Å². The summed E-state index contributed by atoms with van der Waals surface area (Å²) in [5.74, 6) is 0.852. The van der Waals surface area contributed by atoms with E-state index in [0.29, 0.717) is 0 Å². The number of rotatable bonds is 6. The van der Waals surface area contributed by atoms with E-state index in [1.807, 2.05) is 23.1 Å². The number of furan rings is 2. The quantitative estimate of drug-likeness (QED) is 0.166. The molecule has 4 nitrogen and oxygen atoms in total. The lowest BCUT2D eigenvalue weighted by molar-refractivity contribution is 0.668. The molecule has 6 heterocycles. The molecule has 0 spiro atoms. The van der Waals surface area contributed by atoms with Gasteiger partial charge in [-0.3, -0.25) is 0 Å². The van der Waals surface area contributed by atoms with Crippen molar-refractivity contribution in [2.75, 3.05) is 5.75 Å². The molecule has 0 N–H and O–H groups in total. The first-order chi connectivity index (χ1) is 42.0. The standard InChI is InChI=1S/C79H48N2O2S2/c1-47-38-56(80-69-19-6-2-15-58(69)59-16-3-7-20-70(59)80)14-11-37-84-77-34-27-54(40-62(47)77)52-25-32-75-65(43-52)63-41-50(23-30-73(63)82-75)48-12-10-13-49(39-48)51-24-31-74-64(42-51)66-44-53(26-33-76(66)83-74)55-28-35-78-67(45-55)68-46-57(29-36-79(68)85-78)81-71-21-8-4-17-60(71)61-18-5-9-22-72(61)81/h2-36,38-46H,1,37H2/b14-11-,56-38+. The highest BCUT2D eigenvalue weighted by Gasteiger charge is 2.20. The molecule has 85 heavy (non-hydrogen) atoms. The van der Waals surface area contributed by atoms with Gasteiger partial charge in [-0.05, 0) is 189 Å². The van der Waals surface area contributed by atoms with Gasteiger partial charge < -0.3 is 18.0 Å². The zero-order chi connectivity index (χ0) is 55.9. The summed E-state index contributed by atoms with van der Waals surface area (Å²) in [5.41, 5.74) is 21.8. The van der Waals surface area contributed by atoms with Gasteiger partial charge in [0, 0.05) is 85.3 Å². The minimum atomic E-state index is 0.852. The van der Waals surface area contributed by atoms with Crippen LogP contribution in [0, 0.1) is 0 Å². The summed E-state index contributed by atoms with van der Waals surface area (Å²) >= 11 is 3.70. The van der Waals surface area contributed by atoms with Crippen molar-refractivity contribution in [1.82, 2.24) is 9.13 Å². The van der Waals surface area contributed by atoms with E-state index in [9.17, 15) is 0 Å². The van der Waals surface area contributed by atoms with E-state index >= 15 is 0 Å². The first kappa shape index (κ1) is 48.2. The average Bonchev–Trinajstić information content (AvgIpc) is 2.98. The van der Waals surface area contributed by atoms with Gasteiger partial charge in [0.25, 0.3) is 0 Å². The van der Waals surface area contributed by atoms with Crippen LogP contribution in [0.1, 0.15) is 5.56 Å². The van der Waals surface area contributed by atoms with Crippen LogP contribution in [0.25, 0.3) is 169 Å². The van der Waals surface area contributed by atoms with Crippen LogP contribution in [0.2, 0.25) is 0 Å². The van der Waals surface area contributed by atoms with Crippen molar-refractivity contribution >= 4 is 142 Å². The van der Waals surface area contributed by atoms with E-state index in [4.69, 9.17) is 15.4 Å². The monoisotopic (exact) mass is 1120 g/mol. The normalized spacial score (nSPS) is 14.1. The number of nitrogens with zero attached hydrogens (tertiary/aromatic N) is 2. The summed E-state index contributed by atoms with van der Waals surface area (Å²) in [6.45, 7) is 4.71. The van der Waals surface area contributed by atoms with E-state index in [-0.39, 0.29) is 0 Å². The van der Waals surface area contributed by atoms with Crippen LogP contribution >= 0.6 is 23.1 Å². The molecule has 0 fully saturated rings. The first-order valence-electron chi connectivity index (χ1n) is 28.8. The average molecular weight is 1120 g/mol. The summed E-state index contributed by atoms with van der Waals surface area (Å²) in [6, 6.07) is 90.8. The number of thioether (sulfide) groups is 1. The minimum absolute atomic E-state index is 0.852. The van der Waals surface area contributed by atoms with Crippen LogP contribution in [-0.4, -0.2) is 14.9 Å². The van der Waals surface area contributed by atoms with Gasteiger partial charge in [0.1, 0.15) is 22.3 Å². The van der Waals surface area contributed by atoms with Crippen LogP contribution in [-0.2, 0) is 0 Å². The Morgan fingerprint density at radius 3 is 1.27 bits per heavy atom. The maximum atomic E-state index is 6.52. The lowest BCUT2D eigenvalue weighted by Crippen LogP contribution is -1.95. The van der Waals surface area contributed by atoms with Crippen LogP contribution < -0.4 is 0 Å². The molecule has 0 radical (unpaired) electrons. The van der Waals surface area contributed by atoms with Gasteiger partial charge in [-0.2, -0.15) is 0 Å². The molecule has 6 heteroatoms. The summed E-state index contributed by atoms with van der Waals surface area (Å²) in [5, 5.41) is 11.9. The minimum Gasteiger partial charge on any atom is -0.456 e. The van der Waals surface area contributed by atoms with E-state index < -0.39 is 0 Å². The highest BCUT2D eigenvalue weighted by Crippen LogP contribution is 2.44. The maximum Gasteiger partial charge on any atom is 0.135 e. The fourth-order valence-electron chi connectivity index (χ4n) is 13.5. The Hall–Kier alpha value is -10.4. The Kier molecular flexibility index (Phi) is 10.7. The lowest BCUT2D eigenvalue weighted by Gasteiger charge is -2.13. The van der Waals surface area contributed by atoms with Gasteiger partial charge in [0.05, 0.1) is 22.1 Å². The number of hydrogen-bond donors (Lipinski definition) is 0. The highest BCUT2D eigenvalue weighted by atomic mass is 32.2. The Morgan fingerprint density at radius 2 is 0.753 bits per heavy atom. The van der Waals surface area contributed by atoms with Crippen LogP contribution in [0.15, 0.2) is 287 Å². The molecule has 1 aliphatic heterocycles. The number of benzene rings is 12. The molecule has 398 valence electrons. The first-order valence-corrected chi connectivity index (χ1v) is 30.6. The third kappa shape index (κ3) is 7.69. The largest absolute Gasteiger partial charge is 0.456 e. The van der Waals surface area contributed by atoms with Gasteiger partial charge in [-0.15, -0.1) is 23.1 Å². The Labute approximate surface area is 496 Å². The van der Waals surface area contributed by atoms with Crippen molar-refractivity contribution in [2.45, 2.75) is 4.90 Å². The topological polar surface area (TPSA) is 36.1 Å². The Morgan fingerprint density at radius 1 is 0.341 bits per heavy atom. The van der Waals surface area contributed by atoms with Crippen molar-refractivity contribution in [3.05, 3.63) is 279 Å². The molecule has 0 amide bonds. The molecule has 0 bridgehead atoms. The van der Waals surface area contributed by atoms with Gasteiger partial charge in [-0.25, -0.2) is 0 Å². The smallest absolute Gasteiger partial charge is 0.135 e. The van der Waals surface area contributed by atoms with Crippen molar-refractivity contribution in [3.63, 3.8) is 0 Å². The Bertz CT molecular complexity index is 5670. The van der Waals surface area contributed by atoms with E-state index in [1.165, 1.54) is 79.9 Å². The van der Waals surface area contributed by atoms with Gasteiger partial charge in [-0.1, -0.05) is 140 Å². The maximum absolute atomic E-state index is 6.52. The molecule has 18 rings (SSSR count). The zero-order valence-corrected chi connectivity index (χ0v) is 47.5. The van der Waals surface area contributed by atoms with Crippen LogP contribution in [0.5, 0.6) is 0 Å². The SMILES string of the molecule is C=C1/C=C(n2c3ccccc3c3ccccc32)\C=C/CSc2ccc(-c3ccc4oc5ccc(-c6cccc(-c7ccc8oc9ccc(-c%10ccc%11sc%12ccc(-n%13c%14ccccc%14c%14ccccc%14%13)cc%12c%11c%10)cc9c8c7)c6)cc5c4c3)cc21. The number of allylic oxidation sites excluding steroid dienone is 4. The molecular formula is C79H48N2O2S2. The van der Waals surface area contributed by atoms with E-state index in [1.54, 1.807) is 0 Å². The fourth-order valence-corrected chi connectivity index (χ4v) is 15.4. The lowest BCUT2D eigenvalue weighted by atomic mass is 9.96. The van der Waals surface area contributed by atoms with Crippen molar-refractivity contribution in [3.8, 4) is 50.2 Å². The summed E-state index contributed by atoms with van der Waals surface area (Å²) in [6.07, 6.45) is 6.77. The summed E-state index contributed by atoms with van der Waals surface area (Å²) in [4.78, 5) is 1.22. The van der Waals surface area contributed by atoms with E-state index in [0.717, 1.165) is 105 Å². The second-order valence-corrected chi connectivity index (χ2v) is 24.5. The molecule has 0 unspecified atom stereocenters. The zero-order valence-electron chi connectivity index (χ0n) is 45.8.